The molecule has 0 atom stereocenters. The molecule has 0 radical (unpaired) electrons. The number of carbonyl (C=O) groups is 3. The van der Waals surface area contributed by atoms with Crippen molar-refractivity contribution in [2.45, 2.75) is 6.42 Å². The predicted octanol–water partition coefficient (Wildman–Crippen LogP) is 1.30. The number of rotatable bonds is 6. The van der Waals surface area contributed by atoms with Gasteiger partial charge in [0, 0.05) is 38.9 Å². The highest BCUT2D eigenvalue weighted by Gasteiger charge is 2.35. The van der Waals surface area contributed by atoms with E-state index in [4.69, 9.17) is 4.74 Å². The van der Waals surface area contributed by atoms with Gasteiger partial charge in [0.1, 0.15) is 5.82 Å². The summed E-state index contributed by atoms with van der Waals surface area (Å²) >= 11 is 0. The second kappa shape index (κ2) is 6.86. The molecule has 3 rings (SSSR count). The summed E-state index contributed by atoms with van der Waals surface area (Å²) in [6.45, 7) is 0.752. The van der Waals surface area contributed by atoms with Crippen molar-refractivity contribution in [1.82, 2.24) is 14.7 Å². The number of ether oxygens (including phenoxy) is 1. The van der Waals surface area contributed by atoms with Gasteiger partial charge in [-0.1, -0.05) is 0 Å². The van der Waals surface area contributed by atoms with Gasteiger partial charge in [0.05, 0.1) is 17.3 Å². The molecule has 2 heterocycles. The van der Waals surface area contributed by atoms with E-state index in [1.807, 2.05) is 0 Å². The first kappa shape index (κ1) is 16.8. The first-order valence-electron chi connectivity index (χ1n) is 7.81. The number of imide groups is 1. The molecule has 0 bridgehead atoms. The molecule has 0 unspecified atom stereocenters. The monoisotopic (exact) mass is 342 g/mol. The first-order valence-corrected chi connectivity index (χ1v) is 7.81. The van der Waals surface area contributed by atoms with Crippen molar-refractivity contribution in [2.24, 2.45) is 7.05 Å². The van der Waals surface area contributed by atoms with Gasteiger partial charge in [-0.2, -0.15) is 5.10 Å². The van der Waals surface area contributed by atoms with Gasteiger partial charge in [0.25, 0.3) is 17.7 Å². The Morgan fingerprint density at radius 3 is 2.64 bits per heavy atom. The molecule has 0 saturated carbocycles. The van der Waals surface area contributed by atoms with Crippen LogP contribution in [0.25, 0.3) is 0 Å². The molecule has 8 heteroatoms. The largest absolute Gasteiger partial charge is 0.385 e. The standard InChI is InChI=1S/C17H18N4O4/c1-20-14(6-7-18-20)19-15(22)11-4-5-12-13(10-11)17(24)21(16(12)23)8-3-9-25-2/h4-7,10H,3,8-9H2,1-2H3,(H,19,22). The Morgan fingerprint density at radius 2 is 1.96 bits per heavy atom. The van der Waals surface area contributed by atoms with Crippen molar-refractivity contribution in [1.29, 1.82) is 0 Å². The third-order valence-corrected chi connectivity index (χ3v) is 4.03. The smallest absolute Gasteiger partial charge is 0.261 e. The highest BCUT2D eigenvalue weighted by Crippen LogP contribution is 2.24. The van der Waals surface area contributed by atoms with Crippen LogP contribution in [0.1, 0.15) is 37.5 Å². The maximum Gasteiger partial charge on any atom is 0.261 e. The van der Waals surface area contributed by atoms with Crippen LogP contribution in [0.2, 0.25) is 0 Å². The predicted molar refractivity (Wildman–Crippen MR) is 89.5 cm³/mol. The Hall–Kier alpha value is -3.00. The van der Waals surface area contributed by atoms with Crippen molar-refractivity contribution in [3.05, 3.63) is 47.2 Å². The second-order valence-electron chi connectivity index (χ2n) is 5.66. The topological polar surface area (TPSA) is 93.5 Å². The van der Waals surface area contributed by atoms with Crippen LogP contribution in [0.4, 0.5) is 5.82 Å². The minimum absolute atomic E-state index is 0.250. The minimum Gasteiger partial charge on any atom is -0.385 e. The number of hydrogen-bond donors (Lipinski definition) is 1. The Balaban J connectivity index is 1.79. The average molecular weight is 342 g/mol. The summed E-state index contributed by atoms with van der Waals surface area (Å²) in [5.74, 6) is -0.556. The zero-order valence-electron chi connectivity index (χ0n) is 14.0. The molecule has 0 aliphatic carbocycles. The summed E-state index contributed by atoms with van der Waals surface area (Å²) in [6, 6.07) is 6.17. The fourth-order valence-electron chi connectivity index (χ4n) is 2.69. The van der Waals surface area contributed by atoms with E-state index in [1.54, 1.807) is 26.4 Å². The van der Waals surface area contributed by atoms with Crippen molar-refractivity contribution < 1.29 is 19.1 Å². The molecule has 2 aromatic rings. The van der Waals surface area contributed by atoms with Crippen molar-refractivity contribution in [3.63, 3.8) is 0 Å². The van der Waals surface area contributed by atoms with E-state index in [1.165, 1.54) is 27.8 Å². The number of anilines is 1. The van der Waals surface area contributed by atoms with Gasteiger partial charge >= 0.3 is 0 Å². The van der Waals surface area contributed by atoms with Crippen LogP contribution in [-0.2, 0) is 11.8 Å². The lowest BCUT2D eigenvalue weighted by Gasteiger charge is -2.12. The van der Waals surface area contributed by atoms with Crippen molar-refractivity contribution in [2.75, 3.05) is 25.6 Å². The minimum atomic E-state index is -0.383. The molecule has 130 valence electrons. The molecular weight excluding hydrogens is 324 g/mol. The lowest BCUT2D eigenvalue weighted by Crippen LogP contribution is -2.31. The molecule has 1 aliphatic rings. The van der Waals surface area contributed by atoms with Crippen LogP contribution < -0.4 is 5.32 Å². The zero-order valence-corrected chi connectivity index (χ0v) is 14.0. The quantitative estimate of drug-likeness (QED) is 0.631. The molecule has 0 spiro atoms. The van der Waals surface area contributed by atoms with Crippen molar-refractivity contribution in [3.8, 4) is 0 Å². The molecular formula is C17H18N4O4. The number of aromatic nitrogens is 2. The highest BCUT2D eigenvalue weighted by molar-refractivity contribution is 6.22. The number of hydrogen-bond acceptors (Lipinski definition) is 5. The number of amides is 3. The number of methoxy groups -OCH3 is 1. The lowest BCUT2D eigenvalue weighted by atomic mass is 10.1. The molecule has 8 nitrogen and oxygen atoms in total. The first-order chi connectivity index (χ1) is 12.0. The number of fused-ring (bicyclic) bond motifs is 1. The number of nitrogens with one attached hydrogen (secondary N) is 1. The molecule has 1 aromatic carbocycles. The Labute approximate surface area is 144 Å². The molecule has 1 aliphatic heterocycles. The summed E-state index contributed by atoms with van der Waals surface area (Å²) in [5.41, 5.74) is 0.874. The third kappa shape index (κ3) is 3.16. The van der Waals surface area contributed by atoms with E-state index in [0.717, 1.165) is 0 Å². The van der Waals surface area contributed by atoms with E-state index in [9.17, 15) is 14.4 Å². The summed E-state index contributed by atoms with van der Waals surface area (Å²) < 4.78 is 6.48. The molecule has 0 fully saturated rings. The normalized spacial score (nSPS) is 13.3. The number of nitrogens with zero attached hydrogens (tertiary/aromatic N) is 3. The van der Waals surface area contributed by atoms with Gasteiger partial charge in [0.2, 0.25) is 0 Å². The average Bonchev–Trinajstić information content (AvgIpc) is 3.11. The van der Waals surface area contributed by atoms with Gasteiger partial charge in [-0.3, -0.25) is 24.0 Å². The van der Waals surface area contributed by atoms with Crippen LogP contribution in [0.5, 0.6) is 0 Å². The molecule has 0 saturated heterocycles. The van der Waals surface area contributed by atoms with Crippen LogP contribution in [0.3, 0.4) is 0 Å². The Bertz CT molecular complexity index is 843. The summed E-state index contributed by atoms with van der Waals surface area (Å²) in [5, 5.41) is 6.69. The van der Waals surface area contributed by atoms with Crippen LogP contribution in [0.15, 0.2) is 30.5 Å². The number of aryl methyl sites for hydroxylation is 1. The van der Waals surface area contributed by atoms with Gasteiger partial charge in [-0.15, -0.1) is 0 Å². The summed E-state index contributed by atoms with van der Waals surface area (Å²) in [7, 11) is 3.27. The van der Waals surface area contributed by atoms with Crippen LogP contribution in [-0.4, -0.2) is 52.7 Å². The highest BCUT2D eigenvalue weighted by atomic mass is 16.5. The van der Waals surface area contributed by atoms with E-state index in [0.29, 0.717) is 30.0 Å². The van der Waals surface area contributed by atoms with E-state index in [-0.39, 0.29) is 29.8 Å². The number of carbonyl (C=O) groups excluding carboxylic acids is 3. The van der Waals surface area contributed by atoms with E-state index < -0.39 is 0 Å². The molecule has 3 amide bonds. The molecule has 1 N–H and O–H groups in total. The fourth-order valence-corrected chi connectivity index (χ4v) is 2.69. The summed E-state index contributed by atoms with van der Waals surface area (Å²) in [4.78, 5) is 38.4. The van der Waals surface area contributed by atoms with Gasteiger partial charge in [-0.05, 0) is 24.6 Å². The van der Waals surface area contributed by atoms with Gasteiger partial charge in [-0.25, -0.2) is 0 Å². The second-order valence-corrected chi connectivity index (χ2v) is 5.66. The van der Waals surface area contributed by atoms with Crippen molar-refractivity contribution >= 4 is 23.5 Å². The SMILES string of the molecule is COCCCN1C(=O)c2ccc(C(=O)Nc3ccnn3C)cc2C1=O. The van der Waals surface area contributed by atoms with Crippen LogP contribution >= 0.6 is 0 Å². The number of benzene rings is 1. The van der Waals surface area contributed by atoms with E-state index >= 15 is 0 Å². The van der Waals surface area contributed by atoms with Crippen LogP contribution in [0, 0.1) is 0 Å². The molecule has 1 aromatic heterocycles. The third-order valence-electron chi connectivity index (χ3n) is 4.03. The maximum absolute atomic E-state index is 12.5. The zero-order chi connectivity index (χ0) is 18.0. The lowest BCUT2D eigenvalue weighted by molar-refractivity contribution is 0.0638. The fraction of sp³-hybridized carbons (Fsp3) is 0.294. The van der Waals surface area contributed by atoms with Gasteiger partial charge < -0.3 is 10.1 Å². The summed E-state index contributed by atoms with van der Waals surface area (Å²) in [6.07, 6.45) is 2.13. The Kier molecular flexibility index (Phi) is 4.62. The van der Waals surface area contributed by atoms with E-state index in [2.05, 4.69) is 10.4 Å². The Morgan fingerprint density at radius 1 is 1.20 bits per heavy atom. The maximum atomic E-state index is 12.5. The van der Waals surface area contributed by atoms with Gasteiger partial charge in [0.15, 0.2) is 0 Å². The molecule has 25 heavy (non-hydrogen) atoms.